The van der Waals surface area contributed by atoms with Crippen LogP contribution < -0.4 is 4.74 Å². The van der Waals surface area contributed by atoms with Crippen LogP contribution in [-0.4, -0.2) is 60.4 Å². The first-order valence-corrected chi connectivity index (χ1v) is 11.4. The second-order valence-electron chi connectivity index (χ2n) is 9.05. The van der Waals surface area contributed by atoms with Gasteiger partial charge in [-0.25, -0.2) is 0 Å². The Hall–Kier alpha value is -3.12. The molecule has 33 heavy (non-hydrogen) atoms. The van der Waals surface area contributed by atoms with E-state index in [9.17, 15) is 14.7 Å². The van der Waals surface area contributed by atoms with Gasteiger partial charge in [-0.2, -0.15) is 0 Å². The van der Waals surface area contributed by atoms with E-state index in [1.54, 1.807) is 11.0 Å². The van der Waals surface area contributed by atoms with Gasteiger partial charge in [-0.15, -0.1) is 0 Å². The lowest BCUT2D eigenvalue weighted by atomic mass is 9.92. The Morgan fingerprint density at radius 2 is 1.88 bits per heavy atom. The number of rotatable bonds is 8. The number of aliphatic hydroxyl groups is 1. The van der Waals surface area contributed by atoms with Crippen LogP contribution in [0.3, 0.4) is 0 Å². The lowest BCUT2D eigenvalue weighted by Crippen LogP contribution is -2.35. The van der Waals surface area contributed by atoms with Crippen LogP contribution >= 0.6 is 0 Å². The summed E-state index contributed by atoms with van der Waals surface area (Å²) in [4.78, 5) is 29.8. The van der Waals surface area contributed by atoms with Crippen molar-refractivity contribution in [1.29, 1.82) is 0 Å². The van der Waals surface area contributed by atoms with E-state index in [1.807, 2.05) is 69.2 Å². The summed E-state index contributed by atoms with van der Waals surface area (Å²) in [6.07, 6.45) is 0. The summed E-state index contributed by atoms with van der Waals surface area (Å²) in [6.45, 7) is 9.52. The summed E-state index contributed by atoms with van der Waals surface area (Å²) in [7, 11) is 3.84. The van der Waals surface area contributed by atoms with Gasteiger partial charge in [0.15, 0.2) is 0 Å². The summed E-state index contributed by atoms with van der Waals surface area (Å²) in [5.74, 6) is -0.477. The number of ketones is 1. The van der Waals surface area contributed by atoms with Crippen LogP contribution in [0.2, 0.25) is 0 Å². The molecule has 0 bridgehead atoms. The Morgan fingerprint density at radius 1 is 1.15 bits per heavy atom. The highest BCUT2D eigenvalue weighted by atomic mass is 16.5. The third kappa shape index (κ3) is 5.11. The quantitative estimate of drug-likeness (QED) is 0.364. The van der Waals surface area contributed by atoms with Gasteiger partial charge >= 0.3 is 0 Å². The Labute approximate surface area is 196 Å². The van der Waals surface area contributed by atoms with Crippen LogP contribution in [0.4, 0.5) is 0 Å². The molecule has 1 saturated heterocycles. The summed E-state index contributed by atoms with van der Waals surface area (Å²) in [6, 6.07) is 12.5. The number of likely N-dealkylation sites (tertiary alicyclic amines) is 1. The number of Topliss-reactive ketones (excluding diaryl/α,β-unsaturated/α-hetero) is 1. The van der Waals surface area contributed by atoms with Crippen LogP contribution in [0.1, 0.15) is 55.0 Å². The number of aryl methyl sites for hydroxylation is 1. The number of ether oxygens (including phenoxy) is 1. The van der Waals surface area contributed by atoms with E-state index in [4.69, 9.17) is 4.74 Å². The fraction of sp³-hybridized carbons (Fsp3) is 0.407. The highest BCUT2D eigenvalue weighted by Gasteiger charge is 2.45. The minimum atomic E-state index is -0.655. The van der Waals surface area contributed by atoms with E-state index in [2.05, 4.69) is 13.8 Å². The smallest absolute Gasteiger partial charge is 0.295 e. The fourth-order valence-electron chi connectivity index (χ4n) is 4.19. The number of aliphatic hydroxyl groups excluding tert-OH is 1. The topological polar surface area (TPSA) is 70.1 Å². The lowest BCUT2D eigenvalue weighted by Gasteiger charge is -2.27. The predicted octanol–water partition coefficient (Wildman–Crippen LogP) is 4.50. The molecule has 2 aromatic carbocycles. The van der Waals surface area contributed by atoms with Crippen LogP contribution in [0.5, 0.6) is 5.75 Å². The maximum absolute atomic E-state index is 13.2. The molecule has 1 atom stereocenters. The second kappa shape index (κ2) is 10.2. The van der Waals surface area contributed by atoms with Gasteiger partial charge in [-0.3, -0.25) is 9.59 Å². The third-order valence-electron chi connectivity index (χ3n) is 5.89. The molecule has 1 aliphatic heterocycles. The summed E-state index contributed by atoms with van der Waals surface area (Å²) in [5.41, 5.74) is 3.40. The molecule has 1 fully saturated rings. The van der Waals surface area contributed by atoms with E-state index in [0.29, 0.717) is 25.3 Å². The van der Waals surface area contributed by atoms with Crippen molar-refractivity contribution >= 4 is 17.4 Å². The van der Waals surface area contributed by atoms with Gasteiger partial charge in [0.1, 0.15) is 11.5 Å². The van der Waals surface area contributed by atoms with Gasteiger partial charge in [0.05, 0.1) is 18.2 Å². The Bertz CT molecular complexity index is 1070. The fourth-order valence-corrected chi connectivity index (χ4v) is 4.19. The first-order valence-electron chi connectivity index (χ1n) is 11.4. The molecule has 0 aliphatic carbocycles. The van der Waals surface area contributed by atoms with Crippen LogP contribution in [0, 0.1) is 6.92 Å². The molecule has 1 heterocycles. The number of likely N-dealkylation sites (N-methyl/N-ethyl adjacent to an activating group) is 1. The van der Waals surface area contributed by atoms with Crippen LogP contribution in [0.15, 0.2) is 48.0 Å². The molecule has 1 unspecified atom stereocenters. The Morgan fingerprint density at radius 3 is 2.48 bits per heavy atom. The molecule has 6 heteroatoms. The third-order valence-corrected chi connectivity index (χ3v) is 5.89. The monoisotopic (exact) mass is 450 g/mol. The summed E-state index contributed by atoms with van der Waals surface area (Å²) < 4.78 is 5.74. The zero-order valence-corrected chi connectivity index (χ0v) is 20.4. The minimum absolute atomic E-state index is 0.128. The Balaban J connectivity index is 2.17. The molecular weight excluding hydrogens is 416 g/mol. The molecule has 1 N–H and O–H groups in total. The zero-order valence-electron chi connectivity index (χ0n) is 20.4. The zero-order chi connectivity index (χ0) is 24.3. The first kappa shape index (κ1) is 24.5. The number of benzene rings is 2. The number of amides is 1. The molecule has 1 amide bonds. The minimum Gasteiger partial charge on any atom is -0.507 e. The van der Waals surface area contributed by atoms with E-state index < -0.39 is 17.7 Å². The van der Waals surface area contributed by atoms with E-state index in [0.717, 1.165) is 22.4 Å². The largest absolute Gasteiger partial charge is 0.507 e. The molecule has 176 valence electrons. The van der Waals surface area contributed by atoms with Gasteiger partial charge in [0, 0.05) is 18.7 Å². The number of nitrogens with zero attached hydrogens (tertiary/aromatic N) is 2. The van der Waals surface area contributed by atoms with Crippen molar-refractivity contribution < 1.29 is 19.4 Å². The van der Waals surface area contributed by atoms with Gasteiger partial charge < -0.3 is 19.6 Å². The van der Waals surface area contributed by atoms with Crippen molar-refractivity contribution in [2.45, 2.75) is 39.7 Å². The molecule has 0 aromatic heterocycles. The molecule has 1 aliphatic rings. The molecule has 6 nitrogen and oxygen atoms in total. The Kier molecular flexibility index (Phi) is 7.59. The van der Waals surface area contributed by atoms with Gasteiger partial charge in [0.25, 0.3) is 11.7 Å². The maximum Gasteiger partial charge on any atom is 0.295 e. The summed E-state index contributed by atoms with van der Waals surface area (Å²) >= 11 is 0. The highest BCUT2D eigenvalue weighted by molar-refractivity contribution is 6.46. The summed E-state index contributed by atoms with van der Waals surface area (Å²) in [5, 5.41) is 11.4. The number of hydrogen-bond donors (Lipinski definition) is 1. The number of carbonyl (C=O) groups is 2. The molecule has 2 aromatic rings. The SMILES string of the molecule is CCOc1ccc(/C(O)=C2/C(=O)C(=O)N(CCN(C)C)C2c2cccc(C)c2)cc1C(C)C. The van der Waals surface area contributed by atoms with Gasteiger partial charge in [0.2, 0.25) is 0 Å². The molecule has 0 spiro atoms. The predicted molar refractivity (Wildman–Crippen MR) is 130 cm³/mol. The van der Waals surface area contributed by atoms with E-state index in [-0.39, 0.29) is 17.3 Å². The number of hydrogen-bond acceptors (Lipinski definition) is 5. The first-order chi connectivity index (χ1) is 15.6. The molecule has 0 saturated carbocycles. The molecule has 3 rings (SSSR count). The van der Waals surface area contributed by atoms with Crippen molar-refractivity contribution in [3.05, 3.63) is 70.3 Å². The highest BCUT2D eigenvalue weighted by Crippen LogP contribution is 2.40. The van der Waals surface area contributed by atoms with Crippen molar-refractivity contribution in [1.82, 2.24) is 9.80 Å². The van der Waals surface area contributed by atoms with Crippen molar-refractivity contribution in [2.24, 2.45) is 0 Å². The average Bonchev–Trinajstić information content (AvgIpc) is 3.02. The van der Waals surface area contributed by atoms with Gasteiger partial charge in [-0.05, 0) is 63.2 Å². The lowest BCUT2D eigenvalue weighted by molar-refractivity contribution is -0.140. The maximum atomic E-state index is 13.2. The van der Waals surface area contributed by atoms with Crippen molar-refractivity contribution in [3.8, 4) is 5.75 Å². The van der Waals surface area contributed by atoms with Crippen molar-refractivity contribution in [3.63, 3.8) is 0 Å². The van der Waals surface area contributed by atoms with Crippen LogP contribution in [0.25, 0.3) is 5.76 Å². The standard InChI is InChI=1S/C27H34N2O4/c1-7-33-22-12-11-20(16-21(22)17(2)3)25(30)23-24(19-10-8-9-18(4)15-19)29(14-13-28(5)6)27(32)26(23)31/h8-12,15-17,24,30H,7,13-14H2,1-6H3/b25-23-. The van der Waals surface area contributed by atoms with Gasteiger partial charge in [-0.1, -0.05) is 43.7 Å². The van der Waals surface area contributed by atoms with Crippen molar-refractivity contribution in [2.75, 3.05) is 33.8 Å². The van der Waals surface area contributed by atoms with E-state index >= 15 is 0 Å². The normalized spacial score (nSPS) is 17.9. The molecule has 0 radical (unpaired) electrons. The van der Waals surface area contributed by atoms with Crippen LogP contribution in [-0.2, 0) is 9.59 Å². The average molecular weight is 451 g/mol. The number of carbonyl (C=O) groups excluding carboxylic acids is 2. The molecular formula is C27H34N2O4. The second-order valence-corrected chi connectivity index (χ2v) is 9.05. The van der Waals surface area contributed by atoms with E-state index in [1.165, 1.54) is 0 Å².